The lowest BCUT2D eigenvalue weighted by molar-refractivity contribution is 0.600. The molecule has 2 aromatic rings. The van der Waals surface area contributed by atoms with E-state index < -0.39 is 10.0 Å². The molecule has 0 amide bonds. The van der Waals surface area contributed by atoms with Gasteiger partial charge in [-0.2, -0.15) is 5.26 Å². The van der Waals surface area contributed by atoms with E-state index in [0.717, 1.165) is 0 Å². The minimum absolute atomic E-state index is 0.235. The van der Waals surface area contributed by atoms with Gasteiger partial charge in [-0.3, -0.25) is 4.72 Å². The van der Waals surface area contributed by atoms with E-state index in [1.54, 1.807) is 37.3 Å². The van der Waals surface area contributed by atoms with Gasteiger partial charge in [0.25, 0.3) is 0 Å². The minimum atomic E-state index is -3.66. The molecule has 0 radical (unpaired) electrons. The van der Waals surface area contributed by atoms with Crippen molar-refractivity contribution >= 4 is 21.5 Å². The Morgan fingerprint density at radius 2 is 2.10 bits per heavy atom. The molecule has 0 spiro atoms. The number of nitrogens with two attached hydrogens (primary N) is 1. The smallest absolute Gasteiger partial charge is 0.238 e. The topological polar surface area (TPSA) is 109 Å². The van der Waals surface area contributed by atoms with Crippen molar-refractivity contribution in [1.29, 1.82) is 5.26 Å². The van der Waals surface area contributed by atoms with Crippen molar-refractivity contribution in [3.8, 4) is 6.07 Å². The van der Waals surface area contributed by atoms with Crippen molar-refractivity contribution in [2.75, 3.05) is 10.5 Å². The third-order valence-corrected chi connectivity index (χ3v) is 4.03. The number of aromatic nitrogens is 1. The Labute approximate surface area is 123 Å². The molecule has 3 N–H and O–H groups in total. The Balaban J connectivity index is 2.25. The van der Waals surface area contributed by atoms with Crippen LogP contribution in [0.15, 0.2) is 36.5 Å². The molecule has 0 aliphatic rings. The number of sulfonamides is 1. The van der Waals surface area contributed by atoms with Crippen LogP contribution in [0.2, 0.25) is 0 Å². The zero-order valence-electron chi connectivity index (χ0n) is 11.4. The third-order valence-electron chi connectivity index (χ3n) is 2.83. The van der Waals surface area contributed by atoms with Crippen LogP contribution in [0.1, 0.15) is 16.7 Å². The fraction of sp³-hybridized carbons (Fsp3) is 0.143. The lowest BCUT2D eigenvalue weighted by Crippen LogP contribution is -2.17. The molecular formula is C14H14N4O2S. The molecule has 2 rings (SSSR count). The molecule has 1 heterocycles. The van der Waals surface area contributed by atoms with Gasteiger partial charge in [0.05, 0.1) is 29.3 Å². The monoisotopic (exact) mass is 302 g/mol. The molecule has 0 saturated carbocycles. The van der Waals surface area contributed by atoms with Crippen LogP contribution >= 0.6 is 0 Å². The quantitative estimate of drug-likeness (QED) is 0.894. The molecule has 0 aliphatic carbocycles. The summed E-state index contributed by atoms with van der Waals surface area (Å²) in [5.74, 6) is -0.0546. The Morgan fingerprint density at radius 1 is 1.38 bits per heavy atom. The van der Waals surface area contributed by atoms with Gasteiger partial charge < -0.3 is 5.73 Å². The van der Waals surface area contributed by atoms with Crippen molar-refractivity contribution in [3.63, 3.8) is 0 Å². The minimum Gasteiger partial charge on any atom is -0.397 e. The molecule has 0 atom stereocenters. The van der Waals surface area contributed by atoms with Crippen LogP contribution in [0.3, 0.4) is 0 Å². The highest BCUT2D eigenvalue weighted by atomic mass is 32.2. The van der Waals surface area contributed by atoms with Crippen LogP contribution in [0.4, 0.5) is 11.5 Å². The molecule has 21 heavy (non-hydrogen) atoms. The fourth-order valence-electron chi connectivity index (χ4n) is 1.85. The standard InChI is InChI=1S/C14H14N4O2S/c1-10-6-13(16)8-17-14(10)18-21(19,20)9-12-5-3-2-4-11(12)7-15/h2-6,8H,9,16H2,1H3,(H,17,18). The number of pyridine rings is 1. The first kappa shape index (κ1) is 14.8. The maximum Gasteiger partial charge on any atom is 0.238 e. The van der Waals surface area contributed by atoms with Gasteiger partial charge >= 0.3 is 0 Å². The van der Waals surface area contributed by atoms with E-state index in [1.807, 2.05) is 6.07 Å². The van der Waals surface area contributed by atoms with Crippen LogP contribution in [-0.4, -0.2) is 13.4 Å². The Hall–Kier alpha value is -2.59. The first-order valence-corrected chi connectivity index (χ1v) is 7.77. The summed E-state index contributed by atoms with van der Waals surface area (Å²) in [4.78, 5) is 3.97. The fourth-order valence-corrected chi connectivity index (χ4v) is 3.09. The van der Waals surface area contributed by atoms with Crippen molar-refractivity contribution in [3.05, 3.63) is 53.2 Å². The third kappa shape index (κ3) is 3.70. The number of nitrogen functional groups attached to an aromatic ring is 1. The summed E-state index contributed by atoms with van der Waals surface area (Å²) >= 11 is 0. The normalized spacial score (nSPS) is 10.9. The molecule has 0 unspecified atom stereocenters. The van der Waals surface area contributed by atoms with E-state index in [4.69, 9.17) is 11.0 Å². The van der Waals surface area contributed by atoms with Gasteiger partial charge in [0.2, 0.25) is 10.0 Å². The largest absolute Gasteiger partial charge is 0.397 e. The number of benzene rings is 1. The number of anilines is 2. The average Bonchev–Trinajstić information content (AvgIpc) is 2.42. The summed E-state index contributed by atoms with van der Waals surface area (Å²) in [6.07, 6.45) is 1.38. The van der Waals surface area contributed by atoms with Gasteiger partial charge in [-0.25, -0.2) is 13.4 Å². The number of nitrogens with one attached hydrogen (secondary N) is 1. The number of hydrogen-bond donors (Lipinski definition) is 2. The van der Waals surface area contributed by atoms with Crippen molar-refractivity contribution in [2.45, 2.75) is 12.7 Å². The Morgan fingerprint density at radius 3 is 2.76 bits per heavy atom. The summed E-state index contributed by atoms with van der Waals surface area (Å²) in [6.45, 7) is 1.71. The second-order valence-corrected chi connectivity index (χ2v) is 6.29. The highest BCUT2D eigenvalue weighted by Gasteiger charge is 2.16. The zero-order chi connectivity index (χ0) is 15.5. The van der Waals surface area contributed by atoms with E-state index in [9.17, 15) is 8.42 Å². The van der Waals surface area contributed by atoms with Crippen molar-refractivity contribution < 1.29 is 8.42 Å². The van der Waals surface area contributed by atoms with Crippen molar-refractivity contribution in [1.82, 2.24) is 4.98 Å². The summed E-state index contributed by atoms with van der Waals surface area (Å²) in [5, 5.41) is 8.99. The van der Waals surface area contributed by atoms with Crippen LogP contribution in [0.5, 0.6) is 0 Å². The zero-order valence-corrected chi connectivity index (χ0v) is 12.2. The van der Waals surface area contributed by atoms with Gasteiger partial charge in [0.1, 0.15) is 5.82 Å². The first-order valence-electron chi connectivity index (χ1n) is 6.12. The van der Waals surface area contributed by atoms with Gasteiger partial charge in [0, 0.05) is 0 Å². The summed E-state index contributed by atoms with van der Waals surface area (Å²) in [5.41, 5.74) is 7.45. The summed E-state index contributed by atoms with van der Waals surface area (Å²) in [7, 11) is -3.66. The molecule has 0 saturated heterocycles. The Kier molecular flexibility index (Phi) is 4.10. The molecule has 6 nitrogen and oxygen atoms in total. The molecule has 7 heteroatoms. The lowest BCUT2D eigenvalue weighted by atomic mass is 10.1. The predicted molar refractivity (Wildman–Crippen MR) is 80.8 cm³/mol. The molecule has 0 bridgehead atoms. The molecule has 1 aromatic carbocycles. The van der Waals surface area contributed by atoms with Crippen LogP contribution in [0.25, 0.3) is 0 Å². The van der Waals surface area contributed by atoms with Crippen LogP contribution < -0.4 is 10.5 Å². The molecule has 0 fully saturated rings. The number of nitriles is 1. The van der Waals surface area contributed by atoms with Crippen LogP contribution in [0, 0.1) is 18.3 Å². The predicted octanol–water partition coefficient (Wildman–Crippen LogP) is 1.79. The highest BCUT2D eigenvalue weighted by Crippen LogP contribution is 2.18. The lowest BCUT2D eigenvalue weighted by Gasteiger charge is -2.10. The molecular weight excluding hydrogens is 288 g/mol. The average molecular weight is 302 g/mol. The molecule has 0 aliphatic heterocycles. The van der Waals surface area contributed by atoms with Crippen LogP contribution in [-0.2, 0) is 15.8 Å². The highest BCUT2D eigenvalue weighted by molar-refractivity contribution is 7.91. The van der Waals surface area contributed by atoms with Gasteiger partial charge in [0.15, 0.2) is 0 Å². The second-order valence-electron chi connectivity index (χ2n) is 4.56. The number of nitrogens with zero attached hydrogens (tertiary/aromatic N) is 2. The van der Waals surface area contributed by atoms with Gasteiger partial charge in [-0.1, -0.05) is 18.2 Å². The maximum absolute atomic E-state index is 12.2. The van der Waals surface area contributed by atoms with Crippen molar-refractivity contribution in [2.24, 2.45) is 0 Å². The van der Waals surface area contributed by atoms with E-state index in [0.29, 0.717) is 22.4 Å². The first-order chi connectivity index (χ1) is 9.91. The number of rotatable bonds is 4. The Bertz CT molecular complexity index is 810. The summed E-state index contributed by atoms with van der Waals surface area (Å²) < 4.78 is 26.8. The van der Waals surface area contributed by atoms with E-state index in [1.165, 1.54) is 6.20 Å². The van der Waals surface area contributed by atoms with Gasteiger partial charge in [-0.05, 0) is 30.2 Å². The SMILES string of the molecule is Cc1cc(N)cnc1NS(=O)(=O)Cc1ccccc1C#N. The molecule has 1 aromatic heterocycles. The second kappa shape index (κ2) is 5.81. The van der Waals surface area contributed by atoms with E-state index in [-0.39, 0.29) is 11.6 Å². The van der Waals surface area contributed by atoms with E-state index in [2.05, 4.69) is 9.71 Å². The number of aryl methyl sites for hydroxylation is 1. The molecule has 108 valence electrons. The van der Waals surface area contributed by atoms with E-state index >= 15 is 0 Å². The maximum atomic E-state index is 12.2. The summed E-state index contributed by atoms with van der Waals surface area (Å²) in [6, 6.07) is 10.2. The number of hydrogen-bond acceptors (Lipinski definition) is 5. The van der Waals surface area contributed by atoms with Gasteiger partial charge in [-0.15, -0.1) is 0 Å².